The summed E-state index contributed by atoms with van der Waals surface area (Å²) < 4.78 is 0. The van der Waals surface area contributed by atoms with Crippen LogP contribution in [0.1, 0.15) is 22.7 Å². The summed E-state index contributed by atoms with van der Waals surface area (Å²) in [7, 11) is 0. The van der Waals surface area contributed by atoms with Crippen molar-refractivity contribution in [3.8, 4) is 0 Å². The zero-order chi connectivity index (χ0) is 12.3. The van der Waals surface area contributed by atoms with Gasteiger partial charge in [-0.3, -0.25) is 10.8 Å². The molecule has 4 heteroatoms. The molecule has 0 saturated heterocycles. The summed E-state index contributed by atoms with van der Waals surface area (Å²) in [6.07, 6.45) is 3.55. The Morgan fingerprint density at radius 1 is 1.35 bits per heavy atom. The molecule has 0 fully saturated rings. The van der Waals surface area contributed by atoms with E-state index in [2.05, 4.69) is 10.4 Å². The van der Waals surface area contributed by atoms with Crippen molar-refractivity contribution in [3.05, 3.63) is 64.4 Å². The van der Waals surface area contributed by atoms with E-state index in [0.29, 0.717) is 0 Å². The standard InChI is InChI=1S/C13H14ClN3/c1-9-7-11(14)4-5-12(9)13(17-15)10-3-2-6-16-8-10/h2-8,13,17H,15H2,1H3. The first kappa shape index (κ1) is 12.0. The Kier molecular flexibility index (Phi) is 3.74. The molecule has 1 unspecified atom stereocenters. The van der Waals surface area contributed by atoms with Crippen molar-refractivity contribution in [1.82, 2.24) is 10.4 Å². The molecule has 1 aromatic heterocycles. The van der Waals surface area contributed by atoms with Gasteiger partial charge in [0.15, 0.2) is 0 Å². The molecule has 3 nitrogen and oxygen atoms in total. The Labute approximate surface area is 106 Å². The lowest BCUT2D eigenvalue weighted by atomic mass is 9.97. The van der Waals surface area contributed by atoms with Crippen LogP contribution in [0.3, 0.4) is 0 Å². The maximum atomic E-state index is 5.95. The van der Waals surface area contributed by atoms with E-state index in [9.17, 15) is 0 Å². The molecule has 1 aromatic carbocycles. The molecule has 0 radical (unpaired) electrons. The summed E-state index contributed by atoms with van der Waals surface area (Å²) in [5, 5.41) is 0.730. The number of hydrogen-bond acceptors (Lipinski definition) is 3. The van der Waals surface area contributed by atoms with Crippen LogP contribution in [0.4, 0.5) is 0 Å². The van der Waals surface area contributed by atoms with Gasteiger partial charge in [0.2, 0.25) is 0 Å². The largest absolute Gasteiger partial charge is 0.271 e. The maximum Gasteiger partial charge on any atom is 0.0727 e. The SMILES string of the molecule is Cc1cc(Cl)ccc1C(NN)c1cccnc1. The molecule has 3 N–H and O–H groups in total. The first-order valence-corrected chi connectivity index (χ1v) is 5.72. The fraction of sp³-hybridized carbons (Fsp3) is 0.154. The third kappa shape index (κ3) is 2.64. The van der Waals surface area contributed by atoms with Crippen LogP contribution in [-0.4, -0.2) is 4.98 Å². The van der Waals surface area contributed by atoms with E-state index in [1.165, 1.54) is 0 Å². The first-order valence-electron chi connectivity index (χ1n) is 5.34. The third-order valence-corrected chi connectivity index (χ3v) is 2.96. The maximum absolute atomic E-state index is 5.95. The molecule has 0 aliphatic carbocycles. The summed E-state index contributed by atoms with van der Waals surface area (Å²) in [6, 6.07) is 9.59. The van der Waals surface area contributed by atoms with Gasteiger partial charge >= 0.3 is 0 Å². The second-order valence-corrected chi connectivity index (χ2v) is 4.32. The van der Waals surface area contributed by atoms with E-state index in [-0.39, 0.29) is 6.04 Å². The van der Waals surface area contributed by atoms with E-state index in [1.807, 2.05) is 37.3 Å². The number of nitrogens with zero attached hydrogens (tertiary/aromatic N) is 1. The van der Waals surface area contributed by atoms with Gasteiger partial charge in [0, 0.05) is 17.4 Å². The monoisotopic (exact) mass is 247 g/mol. The first-order chi connectivity index (χ1) is 8.22. The van der Waals surface area contributed by atoms with Crippen molar-refractivity contribution >= 4 is 11.6 Å². The van der Waals surface area contributed by atoms with E-state index >= 15 is 0 Å². The molecule has 2 aromatic rings. The van der Waals surface area contributed by atoms with E-state index in [4.69, 9.17) is 17.4 Å². The zero-order valence-electron chi connectivity index (χ0n) is 9.52. The minimum Gasteiger partial charge on any atom is -0.271 e. The molecule has 0 spiro atoms. The number of halogens is 1. The van der Waals surface area contributed by atoms with Crippen LogP contribution in [0, 0.1) is 6.92 Å². The highest BCUT2D eigenvalue weighted by molar-refractivity contribution is 6.30. The highest BCUT2D eigenvalue weighted by Crippen LogP contribution is 2.25. The van der Waals surface area contributed by atoms with Crippen molar-refractivity contribution < 1.29 is 0 Å². The lowest BCUT2D eigenvalue weighted by Crippen LogP contribution is -2.29. The van der Waals surface area contributed by atoms with Crippen LogP contribution >= 0.6 is 11.6 Å². The van der Waals surface area contributed by atoms with Gasteiger partial charge in [-0.15, -0.1) is 0 Å². The lowest BCUT2D eigenvalue weighted by molar-refractivity contribution is 0.631. The smallest absolute Gasteiger partial charge is 0.0727 e. The molecule has 1 atom stereocenters. The van der Waals surface area contributed by atoms with Crippen molar-refractivity contribution in [2.45, 2.75) is 13.0 Å². The summed E-state index contributed by atoms with van der Waals surface area (Å²) in [5.41, 5.74) is 6.04. The number of pyridine rings is 1. The van der Waals surface area contributed by atoms with Crippen molar-refractivity contribution in [3.63, 3.8) is 0 Å². The normalized spacial score (nSPS) is 12.4. The van der Waals surface area contributed by atoms with E-state index < -0.39 is 0 Å². The van der Waals surface area contributed by atoms with E-state index in [1.54, 1.807) is 12.4 Å². The highest BCUT2D eigenvalue weighted by atomic mass is 35.5. The molecule has 88 valence electrons. The summed E-state index contributed by atoms with van der Waals surface area (Å²) in [6.45, 7) is 2.02. The molecule has 0 aliphatic rings. The Morgan fingerprint density at radius 3 is 2.76 bits per heavy atom. The summed E-state index contributed by atoms with van der Waals surface area (Å²) >= 11 is 5.95. The number of hydrogen-bond donors (Lipinski definition) is 2. The Morgan fingerprint density at radius 2 is 2.18 bits per heavy atom. The Hall–Kier alpha value is -1.42. The van der Waals surface area contributed by atoms with Gasteiger partial charge in [-0.2, -0.15) is 0 Å². The minimum absolute atomic E-state index is 0.0685. The van der Waals surface area contributed by atoms with Gasteiger partial charge in [0.05, 0.1) is 6.04 Å². The summed E-state index contributed by atoms with van der Waals surface area (Å²) in [4.78, 5) is 4.10. The molecule has 2 rings (SSSR count). The topological polar surface area (TPSA) is 50.9 Å². The fourth-order valence-electron chi connectivity index (χ4n) is 1.88. The van der Waals surface area contributed by atoms with Crippen LogP contribution in [0.15, 0.2) is 42.7 Å². The van der Waals surface area contributed by atoms with Gasteiger partial charge in [-0.1, -0.05) is 23.7 Å². The van der Waals surface area contributed by atoms with Crippen LogP contribution in [-0.2, 0) is 0 Å². The number of hydrazine groups is 1. The Balaban J connectivity index is 2.42. The second kappa shape index (κ2) is 5.27. The van der Waals surface area contributed by atoms with Crippen LogP contribution in [0.5, 0.6) is 0 Å². The van der Waals surface area contributed by atoms with Crippen molar-refractivity contribution in [2.75, 3.05) is 0 Å². The number of aromatic nitrogens is 1. The predicted octanol–water partition coefficient (Wildman–Crippen LogP) is 2.60. The number of benzene rings is 1. The number of nitrogens with one attached hydrogen (secondary N) is 1. The van der Waals surface area contributed by atoms with Crippen LogP contribution in [0.25, 0.3) is 0 Å². The average Bonchev–Trinajstić information content (AvgIpc) is 2.34. The molecule has 1 heterocycles. The van der Waals surface area contributed by atoms with Crippen molar-refractivity contribution in [1.29, 1.82) is 0 Å². The molecule has 0 aliphatic heterocycles. The van der Waals surface area contributed by atoms with Gasteiger partial charge in [0.25, 0.3) is 0 Å². The molecular weight excluding hydrogens is 234 g/mol. The second-order valence-electron chi connectivity index (χ2n) is 3.89. The summed E-state index contributed by atoms with van der Waals surface area (Å²) in [5.74, 6) is 5.63. The average molecular weight is 248 g/mol. The number of rotatable bonds is 3. The van der Waals surface area contributed by atoms with E-state index in [0.717, 1.165) is 21.7 Å². The molecule has 0 saturated carbocycles. The molecule has 0 amide bonds. The molecular formula is C13H14ClN3. The quantitative estimate of drug-likeness (QED) is 0.648. The van der Waals surface area contributed by atoms with Gasteiger partial charge in [-0.05, 0) is 41.8 Å². The van der Waals surface area contributed by atoms with Crippen LogP contribution < -0.4 is 11.3 Å². The van der Waals surface area contributed by atoms with Crippen molar-refractivity contribution in [2.24, 2.45) is 5.84 Å². The third-order valence-electron chi connectivity index (χ3n) is 2.73. The number of aryl methyl sites for hydroxylation is 1. The fourth-order valence-corrected chi connectivity index (χ4v) is 2.10. The zero-order valence-corrected chi connectivity index (χ0v) is 10.3. The predicted molar refractivity (Wildman–Crippen MR) is 69.6 cm³/mol. The van der Waals surface area contributed by atoms with Gasteiger partial charge in [0.1, 0.15) is 0 Å². The van der Waals surface area contributed by atoms with Gasteiger partial charge < -0.3 is 0 Å². The highest BCUT2D eigenvalue weighted by Gasteiger charge is 2.14. The minimum atomic E-state index is -0.0685. The molecule has 0 bridgehead atoms. The number of nitrogens with two attached hydrogens (primary N) is 1. The lowest BCUT2D eigenvalue weighted by Gasteiger charge is -2.18. The van der Waals surface area contributed by atoms with Gasteiger partial charge in [-0.25, -0.2) is 5.43 Å². The molecule has 17 heavy (non-hydrogen) atoms. The van der Waals surface area contributed by atoms with Crippen LogP contribution in [0.2, 0.25) is 5.02 Å². The Bertz CT molecular complexity index is 499.